The lowest BCUT2D eigenvalue weighted by Gasteiger charge is -2.06. The van der Waals surface area contributed by atoms with Gasteiger partial charge in [-0.2, -0.15) is 0 Å². The Balaban J connectivity index is 1.72. The minimum atomic E-state index is 0.249. The predicted octanol–water partition coefficient (Wildman–Crippen LogP) is 4.22. The average molecular weight is 323 g/mol. The molecule has 1 aromatic heterocycles. The molecule has 0 fully saturated rings. The van der Waals surface area contributed by atoms with Crippen molar-refractivity contribution in [3.63, 3.8) is 0 Å². The van der Waals surface area contributed by atoms with Crippen LogP contribution in [0.3, 0.4) is 0 Å². The molecule has 0 radical (unpaired) electrons. The SMILES string of the molecule is O=C1CCc2cc(OCc3cc(Br)cs3)ccc21. The van der Waals surface area contributed by atoms with Crippen molar-refractivity contribution in [3.8, 4) is 5.75 Å². The smallest absolute Gasteiger partial charge is 0.163 e. The van der Waals surface area contributed by atoms with E-state index in [9.17, 15) is 4.79 Å². The summed E-state index contributed by atoms with van der Waals surface area (Å²) in [7, 11) is 0. The zero-order valence-corrected chi connectivity index (χ0v) is 12.0. The first-order valence-corrected chi connectivity index (χ1v) is 7.41. The van der Waals surface area contributed by atoms with Gasteiger partial charge in [0.25, 0.3) is 0 Å². The summed E-state index contributed by atoms with van der Waals surface area (Å²) < 4.78 is 6.83. The molecule has 0 saturated carbocycles. The Morgan fingerprint density at radius 3 is 2.94 bits per heavy atom. The maximum absolute atomic E-state index is 11.5. The van der Waals surface area contributed by atoms with Crippen LogP contribution >= 0.6 is 27.3 Å². The van der Waals surface area contributed by atoms with Crippen molar-refractivity contribution >= 4 is 33.0 Å². The van der Waals surface area contributed by atoms with E-state index in [0.29, 0.717) is 13.0 Å². The molecule has 92 valence electrons. The van der Waals surface area contributed by atoms with Gasteiger partial charge in [-0.1, -0.05) is 0 Å². The van der Waals surface area contributed by atoms with Crippen molar-refractivity contribution in [1.29, 1.82) is 0 Å². The van der Waals surface area contributed by atoms with Gasteiger partial charge in [0.2, 0.25) is 0 Å². The molecule has 3 rings (SSSR count). The van der Waals surface area contributed by atoms with Gasteiger partial charge in [-0.05, 0) is 52.2 Å². The minimum absolute atomic E-state index is 0.249. The van der Waals surface area contributed by atoms with Crippen molar-refractivity contribution in [3.05, 3.63) is 50.1 Å². The fraction of sp³-hybridized carbons (Fsp3) is 0.214. The Kier molecular flexibility index (Phi) is 3.22. The highest BCUT2D eigenvalue weighted by Crippen LogP contribution is 2.27. The summed E-state index contributed by atoms with van der Waals surface area (Å²) in [5, 5.41) is 2.04. The van der Waals surface area contributed by atoms with E-state index in [-0.39, 0.29) is 5.78 Å². The third kappa shape index (κ3) is 2.35. The summed E-state index contributed by atoms with van der Waals surface area (Å²) in [6.45, 7) is 0.572. The van der Waals surface area contributed by atoms with Gasteiger partial charge in [0, 0.05) is 26.7 Å². The first-order valence-electron chi connectivity index (χ1n) is 5.74. The first-order chi connectivity index (χ1) is 8.72. The molecule has 0 amide bonds. The van der Waals surface area contributed by atoms with E-state index in [4.69, 9.17) is 4.74 Å². The maximum atomic E-state index is 11.5. The highest BCUT2D eigenvalue weighted by molar-refractivity contribution is 9.10. The topological polar surface area (TPSA) is 26.3 Å². The van der Waals surface area contributed by atoms with Crippen molar-refractivity contribution in [2.24, 2.45) is 0 Å². The molecule has 0 saturated heterocycles. The number of Topliss-reactive ketones (excluding diaryl/α,β-unsaturated/α-hetero) is 1. The Hall–Kier alpha value is -1.13. The lowest BCUT2D eigenvalue weighted by molar-refractivity contribution is 0.0994. The molecule has 0 atom stereocenters. The van der Waals surface area contributed by atoms with Crippen LogP contribution in [-0.2, 0) is 13.0 Å². The molecule has 0 N–H and O–H groups in total. The van der Waals surface area contributed by atoms with E-state index in [1.807, 2.05) is 23.6 Å². The number of carbonyl (C=O) groups excluding carboxylic acids is 1. The van der Waals surface area contributed by atoms with Gasteiger partial charge in [0.15, 0.2) is 5.78 Å². The number of fused-ring (bicyclic) bond motifs is 1. The second kappa shape index (κ2) is 4.86. The molecule has 1 heterocycles. The molecule has 0 aliphatic heterocycles. The van der Waals surface area contributed by atoms with E-state index >= 15 is 0 Å². The number of ether oxygens (including phenoxy) is 1. The summed E-state index contributed by atoms with van der Waals surface area (Å²) in [6.07, 6.45) is 1.48. The number of aryl methyl sites for hydroxylation is 1. The summed E-state index contributed by atoms with van der Waals surface area (Å²) in [5.74, 6) is 1.09. The van der Waals surface area contributed by atoms with Crippen LogP contribution in [0.2, 0.25) is 0 Å². The molecule has 1 aliphatic rings. The summed E-state index contributed by atoms with van der Waals surface area (Å²) >= 11 is 5.09. The van der Waals surface area contributed by atoms with Crippen LogP contribution < -0.4 is 4.74 Å². The average Bonchev–Trinajstić information content (AvgIpc) is 2.94. The third-order valence-electron chi connectivity index (χ3n) is 3.00. The quantitative estimate of drug-likeness (QED) is 0.845. The largest absolute Gasteiger partial charge is 0.488 e. The summed E-state index contributed by atoms with van der Waals surface area (Å²) in [6, 6.07) is 7.81. The van der Waals surface area contributed by atoms with Crippen LogP contribution in [0.25, 0.3) is 0 Å². The molecule has 18 heavy (non-hydrogen) atoms. The first kappa shape index (κ1) is 11.9. The van der Waals surface area contributed by atoms with Crippen LogP contribution in [-0.4, -0.2) is 5.78 Å². The summed E-state index contributed by atoms with van der Waals surface area (Å²) in [5.41, 5.74) is 1.98. The number of ketones is 1. The van der Waals surface area contributed by atoms with Gasteiger partial charge in [0.1, 0.15) is 12.4 Å². The minimum Gasteiger partial charge on any atom is -0.488 e. The molecule has 0 unspecified atom stereocenters. The van der Waals surface area contributed by atoms with E-state index in [2.05, 4.69) is 22.0 Å². The molecule has 0 spiro atoms. The van der Waals surface area contributed by atoms with Crippen LogP contribution in [0.5, 0.6) is 5.75 Å². The van der Waals surface area contributed by atoms with Crippen molar-refractivity contribution < 1.29 is 9.53 Å². The Morgan fingerprint density at radius 1 is 1.28 bits per heavy atom. The zero-order chi connectivity index (χ0) is 12.5. The number of halogens is 1. The standard InChI is InChI=1S/C14H11BrO2S/c15-10-6-12(18-8-10)7-17-11-2-3-13-9(5-11)1-4-14(13)16/h2-3,5-6,8H,1,4,7H2. The fourth-order valence-electron chi connectivity index (χ4n) is 2.11. The zero-order valence-electron chi connectivity index (χ0n) is 9.61. The van der Waals surface area contributed by atoms with Crippen LogP contribution in [0.15, 0.2) is 34.1 Å². The van der Waals surface area contributed by atoms with Crippen LogP contribution in [0.1, 0.15) is 27.2 Å². The van der Waals surface area contributed by atoms with Gasteiger partial charge in [-0.15, -0.1) is 11.3 Å². The van der Waals surface area contributed by atoms with Gasteiger partial charge in [-0.25, -0.2) is 0 Å². The van der Waals surface area contributed by atoms with E-state index in [0.717, 1.165) is 27.8 Å². The lowest BCUT2D eigenvalue weighted by atomic mass is 10.1. The molecule has 2 nitrogen and oxygen atoms in total. The molecule has 0 bridgehead atoms. The van der Waals surface area contributed by atoms with Gasteiger partial charge < -0.3 is 4.74 Å². The highest BCUT2D eigenvalue weighted by atomic mass is 79.9. The highest BCUT2D eigenvalue weighted by Gasteiger charge is 2.19. The van der Waals surface area contributed by atoms with Gasteiger partial charge in [-0.3, -0.25) is 4.79 Å². The van der Waals surface area contributed by atoms with Crippen molar-refractivity contribution in [2.75, 3.05) is 0 Å². The molecular formula is C14H11BrO2S. The third-order valence-corrected chi connectivity index (χ3v) is 4.67. The molecule has 1 aliphatic carbocycles. The van der Waals surface area contributed by atoms with Crippen LogP contribution in [0, 0.1) is 0 Å². The Labute approximate surface area is 118 Å². The fourth-order valence-corrected chi connectivity index (χ4v) is 3.47. The molecule has 4 heteroatoms. The number of rotatable bonds is 3. The van der Waals surface area contributed by atoms with Crippen LogP contribution in [0.4, 0.5) is 0 Å². The van der Waals surface area contributed by atoms with Crippen molar-refractivity contribution in [2.45, 2.75) is 19.4 Å². The Bertz CT molecular complexity index is 604. The maximum Gasteiger partial charge on any atom is 0.163 e. The number of hydrogen-bond donors (Lipinski definition) is 0. The normalized spacial score (nSPS) is 13.7. The summed E-state index contributed by atoms with van der Waals surface area (Å²) in [4.78, 5) is 12.7. The second-order valence-electron chi connectivity index (χ2n) is 4.26. The van der Waals surface area contributed by atoms with E-state index in [1.165, 1.54) is 4.88 Å². The molecule has 1 aromatic carbocycles. The monoisotopic (exact) mass is 322 g/mol. The number of thiophene rings is 1. The number of benzene rings is 1. The predicted molar refractivity (Wildman–Crippen MR) is 75.4 cm³/mol. The van der Waals surface area contributed by atoms with E-state index in [1.54, 1.807) is 11.3 Å². The van der Waals surface area contributed by atoms with Gasteiger partial charge in [0.05, 0.1) is 0 Å². The Morgan fingerprint density at radius 2 is 2.17 bits per heavy atom. The molecule has 2 aromatic rings. The number of carbonyl (C=O) groups is 1. The van der Waals surface area contributed by atoms with E-state index < -0.39 is 0 Å². The molecular weight excluding hydrogens is 312 g/mol. The number of hydrogen-bond acceptors (Lipinski definition) is 3. The lowest BCUT2D eigenvalue weighted by Crippen LogP contribution is -1.95. The second-order valence-corrected chi connectivity index (χ2v) is 6.17. The van der Waals surface area contributed by atoms with Gasteiger partial charge >= 0.3 is 0 Å². The van der Waals surface area contributed by atoms with Crippen molar-refractivity contribution in [1.82, 2.24) is 0 Å².